The maximum Gasteiger partial charge on any atom is 0.129 e. The smallest absolute Gasteiger partial charge is 0.129 e. The molecule has 0 heterocycles. The number of rotatable bonds is 4. The van der Waals surface area contributed by atoms with E-state index >= 15 is 0 Å². The minimum Gasteiger partial charge on any atom is -0.330 e. The van der Waals surface area contributed by atoms with Crippen LogP contribution in [-0.2, 0) is 0 Å². The van der Waals surface area contributed by atoms with Crippen LogP contribution < -0.4 is 5.73 Å². The summed E-state index contributed by atoms with van der Waals surface area (Å²) in [6.07, 6.45) is 3.59. The van der Waals surface area contributed by atoms with Gasteiger partial charge in [0.05, 0.1) is 0 Å². The predicted molar refractivity (Wildman–Crippen MR) is 80.5 cm³/mol. The number of hydrogen-bond donors (Lipinski definition) is 1. The van der Waals surface area contributed by atoms with E-state index < -0.39 is 0 Å². The molecule has 1 aliphatic rings. The zero-order valence-electron chi connectivity index (χ0n) is 11.6. The van der Waals surface area contributed by atoms with E-state index in [0.29, 0.717) is 12.0 Å². The summed E-state index contributed by atoms with van der Waals surface area (Å²) >= 11 is 3.30. The first-order valence-electron chi connectivity index (χ1n) is 6.91. The molecule has 0 bridgehead atoms. The van der Waals surface area contributed by atoms with Crippen LogP contribution in [0.5, 0.6) is 0 Å². The van der Waals surface area contributed by atoms with Crippen LogP contribution in [-0.4, -0.2) is 24.5 Å². The molecule has 19 heavy (non-hydrogen) atoms. The van der Waals surface area contributed by atoms with Crippen molar-refractivity contribution in [2.75, 3.05) is 13.6 Å². The van der Waals surface area contributed by atoms with E-state index in [1.165, 1.54) is 25.3 Å². The molecule has 106 valence electrons. The number of hydrogen-bond acceptors (Lipinski definition) is 2. The van der Waals surface area contributed by atoms with Crippen LogP contribution in [0.4, 0.5) is 4.39 Å². The number of benzene rings is 1. The molecule has 1 fully saturated rings. The van der Waals surface area contributed by atoms with E-state index in [0.717, 1.165) is 16.6 Å². The molecule has 1 aliphatic carbocycles. The topological polar surface area (TPSA) is 29.3 Å². The zero-order chi connectivity index (χ0) is 14.0. The lowest BCUT2D eigenvalue weighted by Crippen LogP contribution is -2.39. The Morgan fingerprint density at radius 3 is 2.84 bits per heavy atom. The molecule has 2 rings (SSSR count). The van der Waals surface area contributed by atoms with Gasteiger partial charge in [0, 0.05) is 22.1 Å². The van der Waals surface area contributed by atoms with Crippen LogP contribution >= 0.6 is 15.9 Å². The molecule has 3 atom stereocenters. The lowest BCUT2D eigenvalue weighted by Gasteiger charge is -2.34. The molecule has 0 radical (unpaired) electrons. The first kappa shape index (κ1) is 14.9. The predicted octanol–water partition coefficient (Wildman–Crippen LogP) is 3.71. The standard InChI is InChI=1S/C15H22BrFN2/c1-10(13-7-6-12(16)8-14(13)17)19(2)15-5-3-4-11(15)9-18/h6-8,10-11,15H,3-5,9,18H2,1-2H3. The van der Waals surface area contributed by atoms with Gasteiger partial charge in [-0.1, -0.05) is 28.4 Å². The summed E-state index contributed by atoms with van der Waals surface area (Å²) in [5.74, 6) is 0.405. The van der Waals surface area contributed by atoms with Crippen LogP contribution in [0.2, 0.25) is 0 Å². The lowest BCUT2D eigenvalue weighted by atomic mass is 9.99. The maximum absolute atomic E-state index is 14.0. The second-order valence-electron chi connectivity index (χ2n) is 5.50. The SMILES string of the molecule is CC(c1ccc(Br)cc1F)N(C)C1CCCC1CN. The first-order chi connectivity index (χ1) is 9.04. The third-order valence-electron chi connectivity index (χ3n) is 4.47. The van der Waals surface area contributed by atoms with E-state index in [9.17, 15) is 4.39 Å². The average molecular weight is 329 g/mol. The maximum atomic E-state index is 14.0. The summed E-state index contributed by atoms with van der Waals surface area (Å²) in [7, 11) is 2.09. The molecule has 1 aromatic rings. The van der Waals surface area contributed by atoms with Crippen molar-refractivity contribution in [2.45, 2.75) is 38.3 Å². The fourth-order valence-electron chi connectivity index (χ4n) is 3.18. The van der Waals surface area contributed by atoms with Gasteiger partial charge in [0.1, 0.15) is 5.82 Å². The van der Waals surface area contributed by atoms with E-state index in [-0.39, 0.29) is 11.9 Å². The van der Waals surface area contributed by atoms with Gasteiger partial charge in [0.15, 0.2) is 0 Å². The monoisotopic (exact) mass is 328 g/mol. The van der Waals surface area contributed by atoms with Gasteiger partial charge in [-0.15, -0.1) is 0 Å². The molecule has 4 heteroatoms. The van der Waals surface area contributed by atoms with Gasteiger partial charge < -0.3 is 5.73 Å². The lowest BCUT2D eigenvalue weighted by molar-refractivity contribution is 0.150. The number of halogens is 2. The Morgan fingerprint density at radius 1 is 1.47 bits per heavy atom. The van der Waals surface area contributed by atoms with E-state index in [1.54, 1.807) is 0 Å². The number of nitrogens with zero attached hydrogens (tertiary/aromatic N) is 1. The van der Waals surface area contributed by atoms with Crippen molar-refractivity contribution in [3.63, 3.8) is 0 Å². The average Bonchev–Trinajstić information content (AvgIpc) is 2.85. The molecule has 1 saturated carbocycles. The summed E-state index contributed by atoms with van der Waals surface area (Å²) < 4.78 is 14.8. The van der Waals surface area contributed by atoms with Crippen molar-refractivity contribution in [3.05, 3.63) is 34.1 Å². The molecule has 2 N–H and O–H groups in total. The third-order valence-corrected chi connectivity index (χ3v) is 4.96. The third kappa shape index (κ3) is 3.18. The molecule has 0 amide bonds. The summed E-state index contributed by atoms with van der Waals surface area (Å²) in [6.45, 7) is 2.79. The highest BCUT2D eigenvalue weighted by Gasteiger charge is 2.32. The second-order valence-corrected chi connectivity index (χ2v) is 6.42. The molecule has 0 saturated heterocycles. The van der Waals surface area contributed by atoms with Crippen molar-refractivity contribution in [1.29, 1.82) is 0 Å². The Kier molecular flexibility index (Phi) is 4.98. The molecular weight excluding hydrogens is 307 g/mol. The normalized spacial score (nSPS) is 24.9. The van der Waals surface area contributed by atoms with Gasteiger partial charge in [0.25, 0.3) is 0 Å². The van der Waals surface area contributed by atoms with Crippen LogP contribution in [0.3, 0.4) is 0 Å². The summed E-state index contributed by atoms with van der Waals surface area (Å²) in [6, 6.07) is 5.85. The van der Waals surface area contributed by atoms with Gasteiger partial charge in [-0.25, -0.2) is 4.39 Å². The Labute approximate surface area is 123 Å². The van der Waals surface area contributed by atoms with Gasteiger partial charge in [-0.2, -0.15) is 0 Å². The summed E-state index contributed by atoms with van der Waals surface area (Å²) in [5.41, 5.74) is 6.60. The Bertz CT molecular complexity index is 438. The number of nitrogens with two attached hydrogens (primary N) is 1. The van der Waals surface area contributed by atoms with Gasteiger partial charge >= 0.3 is 0 Å². The van der Waals surface area contributed by atoms with Gasteiger partial charge in [-0.3, -0.25) is 4.90 Å². The van der Waals surface area contributed by atoms with Crippen LogP contribution in [0, 0.1) is 11.7 Å². The van der Waals surface area contributed by atoms with Crippen molar-refractivity contribution >= 4 is 15.9 Å². The highest BCUT2D eigenvalue weighted by atomic mass is 79.9. The van der Waals surface area contributed by atoms with Crippen molar-refractivity contribution in [1.82, 2.24) is 4.90 Å². The van der Waals surface area contributed by atoms with E-state index in [1.807, 2.05) is 12.1 Å². The van der Waals surface area contributed by atoms with Crippen LogP contribution in [0.15, 0.2) is 22.7 Å². The van der Waals surface area contributed by atoms with Crippen molar-refractivity contribution in [3.8, 4) is 0 Å². The zero-order valence-corrected chi connectivity index (χ0v) is 13.2. The fraction of sp³-hybridized carbons (Fsp3) is 0.600. The second kappa shape index (κ2) is 6.33. The Hall–Kier alpha value is -0.450. The Balaban J connectivity index is 2.16. The summed E-state index contributed by atoms with van der Waals surface area (Å²) in [5, 5.41) is 0. The first-order valence-corrected chi connectivity index (χ1v) is 7.70. The molecule has 0 aromatic heterocycles. The van der Waals surface area contributed by atoms with Crippen LogP contribution in [0.1, 0.15) is 37.8 Å². The highest BCUT2D eigenvalue weighted by molar-refractivity contribution is 9.10. The van der Waals surface area contributed by atoms with Gasteiger partial charge in [0.2, 0.25) is 0 Å². The fourth-order valence-corrected chi connectivity index (χ4v) is 3.51. The van der Waals surface area contributed by atoms with E-state index in [2.05, 4.69) is 34.8 Å². The van der Waals surface area contributed by atoms with Gasteiger partial charge in [-0.05, 0) is 51.4 Å². The van der Waals surface area contributed by atoms with Crippen molar-refractivity contribution in [2.24, 2.45) is 11.7 Å². The highest BCUT2D eigenvalue weighted by Crippen LogP contribution is 2.34. The minimum atomic E-state index is -0.143. The Morgan fingerprint density at radius 2 is 2.21 bits per heavy atom. The molecular formula is C15H22BrFN2. The molecule has 1 aromatic carbocycles. The quantitative estimate of drug-likeness (QED) is 0.912. The van der Waals surface area contributed by atoms with E-state index in [4.69, 9.17) is 5.73 Å². The molecule has 3 unspecified atom stereocenters. The molecule has 0 aliphatic heterocycles. The summed E-state index contributed by atoms with van der Waals surface area (Å²) in [4.78, 5) is 2.29. The molecule has 0 spiro atoms. The molecule has 2 nitrogen and oxygen atoms in total. The minimum absolute atomic E-state index is 0.0743. The van der Waals surface area contributed by atoms with Crippen molar-refractivity contribution < 1.29 is 4.39 Å². The largest absolute Gasteiger partial charge is 0.330 e. The van der Waals surface area contributed by atoms with Crippen LogP contribution in [0.25, 0.3) is 0 Å².